The van der Waals surface area contributed by atoms with Crippen molar-refractivity contribution in [2.75, 3.05) is 64.7 Å². The van der Waals surface area contributed by atoms with E-state index in [9.17, 15) is 0 Å². The van der Waals surface area contributed by atoms with Gasteiger partial charge in [-0.05, 0) is 25.2 Å². The van der Waals surface area contributed by atoms with Gasteiger partial charge in [0.1, 0.15) is 5.82 Å². The fourth-order valence-electron chi connectivity index (χ4n) is 3.28. The highest BCUT2D eigenvalue weighted by Gasteiger charge is 2.18. The van der Waals surface area contributed by atoms with Gasteiger partial charge in [-0.15, -0.1) is 0 Å². The Morgan fingerprint density at radius 1 is 1.10 bits per heavy atom. The molecule has 8 heteroatoms. The van der Waals surface area contributed by atoms with E-state index in [1.807, 2.05) is 30.5 Å². The number of aromatic nitrogens is 1. The number of piperazine rings is 1. The zero-order valence-corrected chi connectivity index (χ0v) is 17.6. The van der Waals surface area contributed by atoms with Crippen LogP contribution < -0.4 is 25.0 Å². The molecule has 0 spiro atoms. The van der Waals surface area contributed by atoms with E-state index >= 15 is 0 Å². The molecular formula is C21H30N6O2. The van der Waals surface area contributed by atoms with Crippen LogP contribution >= 0.6 is 0 Å². The largest absolute Gasteiger partial charge is 0.493 e. The molecule has 156 valence electrons. The molecule has 0 bridgehead atoms. The van der Waals surface area contributed by atoms with Crippen LogP contribution in [0.25, 0.3) is 0 Å². The van der Waals surface area contributed by atoms with Gasteiger partial charge in [0.05, 0.1) is 14.2 Å². The zero-order valence-electron chi connectivity index (χ0n) is 17.6. The lowest BCUT2D eigenvalue weighted by Crippen LogP contribution is -2.45. The van der Waals surface area contributed by atoms with Crippen molar-refractivity contribution in [3.05, 3.63) is 42.1 Å². The third-order valence-corrected chi connectivity index (χ3v) is 4.99. The molecule has 1 fully saturated rings. The number of benzene rings is 1. The summed E-state index contributed by atoms with van der Waals surface area (Å²) in [6.45, 7) is 4.69. The Labute approximate surface area is 172 Å². The molecule has 0 unspecified atom stereocenters. The summed E-state index contributed by atoms with van der Waals surface area (Å²) < 4.78 is 10.7. The number of aliphatic imine (C=N–C) groups is 1. The molecule has 0 saturated carbocycles. The maximum absolute atomic E-state index is 5.37. The van der Waals surface area contributed by atoms with E-state index in [4.69, 9.17) is 9.47 Å². The molecule has 1 aromatic heterocycles. The van der Waals surface area contributed by atoms with E-state index in [1.165, 1.54) is 0 Å². The maximum atomic E-state index is 5.37. The number of likely N-dealkylation sites (N-methyl/N-ethyl adjacent to an activating group) is 1. The minimum Gasteiger partial charge on any atom is -0.493 e. The third kappa shape index (κ3) is 5.29. The van der Waals surface area contributed by atoms with E-state index in [1.54, 1.807) is 21.3 Å². The summed E-state index contributed by atoms with van der Waals surface area (Å²) in [4.78, 5) is 13.7. The Kier molecular flexibility index (Phi) is 7.13. The zero-order chi connectivity index (χ0) is 20.6. The normalized spacial score (nSPS) is 15.2. The number of methoxy groups -OCH3 is 2. The van der Waals surface area contributed by atoms with Crippen molar-refractivity contribution in [1.82, 2.24) is 15.2 Å². The summed E-state index contributed by atoms with van der Waals surface area (Å²) in [7, 11) is 7.15. The number of rotatable bonds is 6. The quantitative estimate of drug-likeness (QED) is 0.570. The molecular weight excluding hydrogens is 368 g/mol. The first-order chi connectivity index (χ1) is 14.1. The molecule has 2 heterocycles. The van der Waals surface area contributed by atoms with Gasteiger partial charge in [0.2, 0.25) is 0 Å². The summed E-state index contributed by atoms with van der Waals surface area (Å²) in [5.74, 6) is 3.06. The summed E-state index contributed by atoms with van der Waals surface area (Å²) in [5.41, 5.74) is 2.01. The Balaban J connectivity index is 1.66. The van der Waals surface area contributed by atoms with Gasteiger partial charge in [-0.25, -0.2) is 4.98 Å². The van der Waals surface area contributed by atoms with Crippen LogP contribution in [0.1, 0.15) is 5.56 Å². The molecule has 1 aliphatic rings. The van der Waals surface area contributed by atoms with Crippen LogP contribution in [0, 0.1) is 0 Å². The van der Waals surface area contributed by atoms with Gasteiger partial charge < -0.3 is 29.9 Å². The molecule has 2 N–H and O–H groups in total. The lowest BCUT2D eigenvalue weighted by molar-refractivity contribution is 0.312. The molecule has 0 radical (unpaired) electrons. The van der Waals surface area contributed by atoms with Crippen LogP contribution in [-0.4, -0.2) is 70.3 Å². The van der Waals surface area contributed by atoms with E-state index < -0.39 is 0 Å². The van der Waals surface area contributed by atoms with Gasteiger partial charge in [-0.1, -0.05) is 6.07 Å². The van der Waals surface area contributed by atoms with Crippen molar-refractivity contribution in [3.63, 3.8) is 0 Å². The van der Waals surface area contributed by atoms with E-state index in [0.29, 0.717) is 24.0 Å². The Morgan fingerprint density at radius 3 is 2.55 bits per heavy atom. The summed E-state index contributed by atoms with van der Waals surface area (Å²) in [6.07, 6.45) is 1.86. The summed E-state index contributed by atoms with van der Waals surface area (Å²) in [5, 5.41) is 6.67. The van der Waals surface area contributed by atoms with Crippen LogP contribution in [0.4, 0.5) is 11.5 Å². The maximum Gasteiger partial charge on any atom is 0.195 e. The van der Waals surface area contributed by atoms with Gasteiger partial charge in [0.25, 0.3) is 0 Å². The average molecular weight is 399 g/mol. The number of hydrogen-bond donors (Lipinski definition) is 2. The molecule has 1 saturated heterocycles. The number of nitrogens with one attached hydrogen (secondary N) is 2. The van der Waals surface area contributed by atoms with Crippen molar-refractivity contribution in [2.24, 2.45) is 4.99 Å². The third-order valence-electron chi connectivity index (χ3n) is 4.99. The first-order valence-electron chi connectivity index (χ1n) is 9.71. The predicted molar refractivity (Wildman–Crippen MR) is 117 cm³/mol. The molecule has 1 aliphatic heterocycles. The number of guanidine groups is 1. The number of nitrogens with zero attached hydrogens (tertiary/aromatic N) is 4. The second-order valence-electron chi connectivity index (χ2n) is 6.90. The Hall–Kier alpha value is -3.00. The van der Waals surface area contributed by atoms with Crippen molar-refractivity contribution in [3.8, 4) is 11.5 Å². The van der Waals surface area contributed by atoms with Crippen molar-refractivity contribution in [2.45, 2.75) is 6.54 Å². The molecule has 1 aromatic carbocycles. The molecule has 0 atom stereocenters. The predicted octanol–water partition coefficient (Wildman–Crippen LogP) is 2.04. The van der Waals surface area contributed by atoms with Gasteiger partial charge in [0, 0.05) is 63.3 Å². The topological polar surface area (TPSA) is 74.3 Å². The smallest absolute Gasteiger partial charge is 0.195 e. The lowest BCUT2D eigenvalue weighted by Gasteiger charge is -2.34. The summed E-state index contributed by atoms with van der Waals surface area (Å²) >= 11 is 0. The van der Waals surface area contributed by atoms with Crippen LogP contribution in [-0.2, 0) is 6.54 Å². The van der Waals surface area contributed by atoms with E-state index in [2.05, 4.69) is 43.5 Å². The highest BCUT2D eigenvalue weighted by Crippen LogP contribution is 2.29. The SMILES string of the molecule is CN=C(NCc1cccnc1N1CCN(C)CC1)Nc1ccc(OC)c(OC)c1. The Bertz CT molecular complexity index is 834. The number of pyridine rings is 1. The fourth-order valence-corrected chi connectivity index (χ4v) is 3.28. The molecule has 3 rings (SSSR count). The minimum atomic E-state index is 0.627. The summed E-state index contributed by atoms with van der Waals surface area (Å²) in [6, 6.07) is 9.75. The standard InChI is InChI=1S/C21H30N6O2/c1-22-21(25-17-7-8-18(28-3)19(14-17)29-4)24-15-16-6-5-9-23-20(16)27-12-10-26(2)11-13-27/h5-9,14H,10-13,15H2,1-4H3,(H2,22,24,25). The molecule has 29 heavy (non-hydrogen) atoms. The highest BCUT2D eigenvalue weighted by atomic mass is 16.5. The second kappa shape index (κ2) is 9.97. The second-order valence-corrected chi connectivity index (χ2v) is 6.90. The monoisotopic (exact) mass is 398 g/mol. The van der Waals surface area contributed by atoms with E-state index in [-0.39, 0.29) is 0 Å². The molecule has 0 amide bonds. The van der Waals surface area contributed by atoms with E-state index in [0.717, 1.165) is 43.2 Å². The molecule has 0 aliphatic carbocycles. The first kappa shape index (κ1) is 20.7. The van der Waals surface area contributed by atoms with Gasteiger partial charge in [-0.3, -0.25) is 4.99 Å². The van der Waals surface area contributed by atoms with Gasteiger partial charge >= 0.3 is 0 Å². The molecule has 8 nitrogen and oxygen atoms in total. The van der Waals surface area contributed by atoms with Crippen molar-refractivity contribution >= 4 is 17.5 Å². The minimum absolute atomic E-state index is 0.627. The fraction of sp³-hybridized carbons (Fsp3) is 0.429. The van der Waals surface area contributed by atoms with Gasteiger partial charge in [0.15, 0.2) is 17.5 Å². The van der Waals surface area contributed by atoms with Crippen LogP contribution in [0.5, 0.6) is 11.5 Å². The Morgan fingerprint density at radius 2 is 1.86 bits per heavy atom. The molecule has 2 aromatic rings. The number of ether oxygens (including phenoxy) is 2. The lowest BCUT2D eigenvalue weighted by atomic mass is 10.2. The highest BCUT2D eigenvalue weighted by molar-refractivity contribution is 5.93. The number of anilines is 2. The average Bonchev–Trinajstić information content (AvgIpc) is 2.77. The van der Waals surface area contributed by atoms with Crippen molar-refractivity contribution < 1.29 is 9.47 Å². The van der Waals surface area contributed by atoms with Crippen LogP contribution in [0.15, 0.2) is 41.5 Å². The van der Waals surface area contributed by atoms with Crippen LogP contribution in [0.2, 0.25) is 0 Å². The number of hydrogen-bond acceptors (Lipinski definition) is 6. The first-order valence-corrected chi connectivity index (χ1v) is 9.71. The van der Waals surface area contributed by atoms with Crippen LogP contribution in [0.3, 0.4) is 0 Å². The van der Waals surface area contributed by atoms with Gasteiger partial charge in [-0.2, -0.15) is 0 Å². The van der Waals surface area contributed by atoms with Crippen molar-refractivity contribution in [1.29, 1.82) is 0 Å².